The van der Waals surface area contributed by atoms with Gasteiger partial charge in [-0.3, -0.25) is 0 Å². The Morgan fingerprint density at radius 3 is 2.33 bits per heavy atom. The van der Waals surface area contributed by atoms with Crippen LogP contribution in [-0.2, 0) is 4.74 Å². The zero-order chi connectivity index (χ0) is 16.0. The van der Waals surface area contributed by atoms with Gasteiger partial charge in [0.05, 0.1) is 39.6 Å². The van der Waals surface area contributed by atoms with Crippen LogP contribution < -0.4 is 5.32 Å². The fourth-order valence-electron chi connectivity index (χ4n) is 1.95. The molecule has 0 spiro atoms. The fourth-order valence-corrected chi connectivity index (χ4v) is 2.57. The van der Waals surface area contributed by atoms with E-state index < -0.39 is 6.10 Å². The maximum atomic E-state index is 9.92. The minimum atomic E-state index is -0.620. The lowest BCUT2D eigenvalue weighted by Gasteiger charge is -2.19. The Hall–Kier alpha value is -0.190. The van der Waals surface area contributed by atoms with Gasteiger partial charge in [-0.05, 0) is 31.4 Å². The molecule has 0 bridgehead atoms. The van der Waals surface area contributed by atoms with E-state index in [0.29, 0.717) is 33.2 Å². The second-order valence-electron chi connectivity index (χ2n) is 5.55. The molecule has 0 saturated carbocycles. The second-order valence-corrected chi connectivity index (χ2v) is 6.78. The average molecular weight is 355 g/mol. The number of benzene rings is 1. The Bertz CT molecular complexity index is 455. The summed E-state index contributed by atoms with van der Waals surface area (Å²) in [5.74, 6) is 0.574. The lowest BCUT2D eigenvalue weighted by atomic mass is 10.1. The maximum Gasteiger partial charge on any atom is 0.0945 e. The largest absolute Gasteiger partial charge is 0.389 e. The summed E-state index contributed by atoms with van der Waals surface area (Å²) in [4.78, 5) is 0. The Labute approximate surface area is 141 Å². The third kappa shape index (κ3) is 7.07. The molecule has 1 aromatic carbocycles. The molecule has 21 heavy (non-hydrogen) atoms. The van der Waals surface area contributed by atoms with E-state index in [1.165, 1.54) is 0 Å². The summed E-state index contributed by atoms with van der Waals surface area (Å²) < 4.78 is 5.61. The number of hydrogen-bond acceptors (Lipinski definition) is 3. The van der Waals surface area contributed by atoms with E-state index in [0.717, 1.165) is 6.42 Å². The third-order valence-electron chi connectivity index (χ3n) is 2.91. The highest BCUT2D eigenvalue weighted by molar-refractivity contribution is 6.44. The fraction of sp³-hybridized carbons (Fsp3) is 0.600. The van der Waals surface area contributed by atoms with Crippen LogP contribution in [-0.4, -0.2) is 30.5 Å². The number of halogens is 3. The standard InChI is InChI=1S/C15H22Cl3NO2/c1-9(2)4-10(3)21-8-11(20)7-19-15-6-13(17)12(16)5-14(15)18/h5-6,9-11,19-20H,4,7-8H2,1-3H3. The molecule has 3 nitrogen and oxygen atoms in total. The molecule has 0 radical (unpaired) electrons. The van der Waals surface area contributed by atoms with Crippen molar-refractivity contribution in [2.24, 2.45) is 5.92 Å². The molecule has 0 aliphatic heterocycles. The van der Waals surface area contributed by atoms with E-state index >= 15 is 0 Å². The number of nitrogens with one attached hydrogen (secondary N) is 1. The summed E-state index contributed by atoms with van der Waals surface area (Å²) in [7, 11) is 0. The molecule has 2 unspecified atom stereocenters. The monoisotopic (exact) mass is 353 g/mol. The summed E-state index contributed by atoms with van der Waals surface area (Å²) in [6, 6.07) is 3.21. The van der Waals surface area contributed by atoms with Gasteiger partial charge in [0, 0.05) is 6.54 Å². The zero-order valence-corrected chi connectivity index (χ0v) is 14.8. The maximum absolute atomic E-state index is 9.92. The van der Waals surface area contributed by atoms with Crippen LogP contribution in [0.3, 0.4) is 0 Å². The van der Waals surface area contributed by atoms with E-state index in [4.69, 9.17) is 39.5 Å². The second kappa shape index (κ2) is 9.06. The van der Waals surface area contributed by atoms with E-state index in [1.54, 1.807) is 12.1 Å². The van der Waals surface area contributed by atoms with Crippen molar-refractivity contribution in [3.8, 4) is 0 Å². The Kier molecular flexibility index (Phi) is 8.14. The van der Waals surface area contributed by atoms with Gasteiger partial charge >= 0.3 is 0 Å². The molecule has 0 amide bonds. The summed E-state index contributed by atoms with van der Waals surface area (Å²) in [6.07, 6.45) is 0.483. The van der Waals surface area contributed by atoms with E-state index in [1.807, 2.05) is 6.92 Å². The van der Waals surface area contributed by atoms with Crippen molar-refractivity contribution < 1.29 is 9.84 Å². The number of rotatable bonds is 8. The van der Waals surface area contributed by atoms with Gasteiger partial charge in [0.1, 0.15) is 0 Å². The van der Waals surface area contributed by atoms with Crippen molar-refractivity contribution in [1.82, 2.24) is 0 Å². The molecule has 0 fully saturated rings. The van der Waals surface area contributed by atoms with Crippen LogP contribution in [0.15, 0.2) is 12.1 Å². The summed E-state index contributed by atoms with van der Waals surface area (Å²) in [6.45, 7) is 6.90. The lowest BCUT2D eigenvalue weighted by molar-refractivity contribution is -0.00443. The Morgan fingerprint density at radius 1 is 1.10 bits per heavy atom. The molecule has 120 valence electrons. The molecular formula is C15H22Cl3NO2. The molecule has 0 aliphatic rings. The highest BCUT2D eigenvalue weighted by Gasteiger charge is 2.11. The molecule has 2 atom stereocenters. The molecule has 2 N–H and O–H groups in total. The predicted molar refractivity (Wildman–Crippen MR) is 90.8 cm³/mol. The van der Waals surface area contributed by atoms with E-state index in [9.17, 15) is 5.11 Å². The van der Waals surface area contributed by atoms with Gasteiger partial charge in [0.15, 0.2) is 0 Å². The van der Waals surface area contributed by atoms with Gasteiger partial charge in [-0.1, -0.05) is 48.7 Å². The average Bonchev–Trinajstić information content (AvgIpc) is 2.38. The molecule has 1 aromatic rings. The number of aliphatic hydroxyl groups excluding tert-OH is 1. The Morgan fingerprint density at radius 2 is 1.71 bits per heavy atom. The number of hydrogen-bond donors (Lipinski definition) is 2. The highest BCUT2D eigenvalue weighted by Crippen LogP contribution is 2.32. The molecule has 0 aliphatic carbocycles. The smallest absolute Gasteiger partial charge is 0.0945 e. The quantitative estimate of drug-likeness (QED) is 0.654. The molecular weight excluding hydrogens is 333 g/mol. The number of anilines is 1. The molecule has 0 aromatic heterocycles. The van der Waals surface area contributed by atoms with Gasteiger partial charge in [-0.15, -0.1) is 0 Å². The van der Waals surface area contributed by atoms with Crippen molar-refractivity contribution >= 4 is 40.5 Å². The Balaban J connectivity index is 2.39. The topological polar surface area (TPSA) is 41.5 Å². The summed E-state index contributed by atoms with van der Waals surface area (Å²) in [5, 5.41) is 14.2. The first-order valence-electron chi connectivity index (χ1n) is 6.97. The molecule has 1 rings (SSSR count). The molecule has 0 heterocycles. The van der Waals surface area contributed by atoms with Gasteiger partial charge in [-0.2, -0.15) is 0 Å². The summed E-state index contributed by atoms with van der Waals surface area (Å²) in [5.41, 5.74) is 0.639. The van der Waals surface area contributed by atoms with Crippen LogP contribution in [0.25, 0.3) is 0 Å². The molecule has 6 heteroatoms. The van der Waals surface area contributed by atoms with Crippen LogP contribution in [0.2, 0.25) is 15.1 Å². The zero-order valence-electron chi connectivity index (χ0n) is 12.5. The van der Waals surface area contributed by atoms with Crippen LogP contribution in [0, 0.1) is 5.92 Å². The van der Waals surface area contributed by atoms with Crippen LogP contribution in [0.5, 0.6) is 0 Å². The van der Waals surface area contributed by atoms with Gasteiger partial charge in [0.2, 0.25) is 0 Å². The summed E-state index contributed by atoms with van der Waals surface area (Å²) >= 11 is 17.8. The van der Waals surface area contributed by atoms with Crippen molar-refractivity contribution in [3.63, 3.8) is 0 Å². The van der Waals surface area contributed by atoms with E-state index in [-0.39, 0.29) is 12.7 Å². The van der Waals surface area contributed by atoms with Gasteiger partial charge in [-0.25, -0.2) is 0 Å². The minimum Gasteiger partial charge on any atom is -0.389 e. The van der Waals surface area contributed by atoms with Gasteiger partial charge < -0.3 is 15.2 Å². The normalized spacial score (nSPS) is 14.3. The third-order valence-corrected chi connectivity index (χ3v) is 3.95. The highest BCUT2D eigenvalue weighted by atomic mass is 35.5. The first-order chi connectivity index (χ1) is 9.79. The predicted octanol–water partition coefficient (Wildman–Crippen LogP) is 4.87. The van der Waals surface area contributed by atoms with Crippen molar-refractivity contribution in [2.75, 3.05) is 18.5 Å². The SMILES string of the molecule is CC(C)CC(C)OCC(O)CNc1cc(Cl)c(Cl)cc1Cl. The first kappa shape index (κ1) is 18.9. The van der Waals surface area contributed by atoms with Crippen LogP contribution in [0.1, 0.15) is 27.2 Å². The van der Waals surface area contributed by atoms with Crippen molar-refractivity contribution in [3.05, 3.63) is 27.2 Å². The van der Waals surface area contributed by atoms with Crippen LogP contribution in [0.4, 0.5) is 5.69 Å². The number of aliphatic hydroxyl groups is 1. The lowest BCUT2D eigenvalue weighted by Crippen LogP contribution is -2.27. The number of ether oxygens (including phenoxy) is 1. The van der Waals surface area contributed by atoms with Crippen molar-refractivity contribution in [1.29, 1.82) is 0 Å². The molecule has 0 saturated heterocycles. The van der Waals surface area contributed by atoms with Gasteiger partial charge in [0.25, 0.3) is 0 Å². The minimum absolute atomic E-state index is 0.133. The van der Waals surface area contributed by atoms with Crippen molar-refractivity contribution in [2.45, 2.75) is 39.4 Å². The van der Waals surface area contributed by atoms with Crippen LogP contribution >= 0.6 is 34.8 Å². The van der Waals surface area contributed by atoms with E-state index in [2.05, 4.69) is 19.2 Å². The first-order valence-corrected chi connectivity index (χ1v) is 8.11.